The van der Waals surface area contributed by atoms with E-state index in [4.69, 9.17) is 4.74 Å². The summed E-state index contributed by atoms with van der Waals surface area (Å²) in [6.45, 7) is 3.74. The first-order valence-electron chi connectivity index (χ1n) is 6.44. The van der Waals surface area contributed by atoms with Crippen molar-refractivity contribution in [3.8, 4) is 5.75 Å². The third-order valence-electron chi connectivity index (χ3n) is 3.24. The van der Waals surface area contributed by atoms with Gasteiger partial charge < -0.3 is 15.4 Å². The number of hydrogen-bond acceptors (Lipinski definition) is 4. The molecule has 0 spiro atoms. The van der Waals surface area contributed by atoms with Gasteiger partial charge in [0.15, 0.2) is 0 Å². The number of amides is 1. The van der Waals surface area contributed by atoms with Crippen LogP contribution in [0.25, 0.3) is 0 Å². The zero-order valence-electron chi connectivity index (χ0n) is 11.5. The third-order valence-corrected chi connectivity index (χ3v) is 4.56. The van der Waals surface area contributed by atoms with Crippen LogP contribution < -0.4 is 15.4 Å². The highest BCUT2D eigenvalue weighted by atomic mass is 32.2. The van der Waals surface area contributed by atoms with Crippen LogP contribution >= 0.6 is 11.8 Å². The fourth-order valence-corrected chi connectivity index (χ4v) is 3.42. The highest BCUT2D eigenvalue weighted by Gasteiger charge is 2.24. The Morgan fingerprint density at radius 2 is 2.26 bits per heavy atom. The van der Waals surface area contributed by atoms with Crippen molar-refractivity contribution in [1.82, 2.24) is 0 Å². The maximum Gasteiger partial charge on any atom is 0.221 e. The van der Waals surface area contributed by atoms with Crippen LogP contribution in [0, 0.1) is 0 Å². The second-order valence-electron chi connectivity index (χ2n) is 4.71. The highest BCUT2D eigenvalue weighted by Crippen LogP contribution is 2.33. The fraction of sp³-hybridized carbons (Fsp3) is 0.500. The predicted octanol–water partition coefficient (Wildman–Crippen LogP) is 2.96. The molecule has 1 amide bonds. The first-order valence-corrected chi connectivity index (χ1v) is 7.49. The van der Waals surface area contributed by atoms with E-state index in [1.807, 2.05) is 30.0 Å². The van der Waals surface area contributed by atoms with Gasteiger partial charge in [-0.3, -0.25) is 4.79 Å². The van der Waals surface area contributed by atoms with Crippen molar-refractivity contribution in [3.05, 3.63) is 18.2 Å². The monoisotopic (exact) mass is 280 g/mol. The molecule has 104 valence electrons. The van der Waals surface area contributed by atoms with Crippen molar-refractivity contribution >= 4 is 29.0 Å². The average Bonchev–Trinajstić information content (AvgIpc) is 2.75. The standard InChI is InChI=1S/C14H20N2O2S/c1-9-12(6-7-19-9)16-13-8-11(15-10(2)17)4-5-14(13)18-3/h4-5,8-9,12,16H,6-7H2,1-3H3,(H,15,17). The number of benzene rings is 1. The Balaban J connectivity index is 2.18. The van der Waals surface area contributed by atoms with Gasteiger partial charge in [0.25, 0.3) is 0 Å². The molecule has 1 fully saturated rings. The van der Waals surface area contributed by atoms with Crippen LogP contribution in [-0.2, 0) is 4.79 Å². The maximum absolute atomic E-state index is 11.1. The Morgan fingerprint density at radius 1 is 1.47 bits per heavy atom. The van der Waals surface area contributed by atoms with E-state index < -0.39 is 0 Å². The number of ether oxygens (including phenoxy) is 1. The Hall–Kier alpha value is -1.36. The Labute approximate surface area is 118 Å². The lowest BCUT2D eigenvalue weighted by Crippen LogP contribution is -2.25. The van der Waals surface area contributed by atoms with E-state index in [0.717, 1.165) is 23.5 Å². The van der Waals surface area contributed by atoms with Crippen molar-refractivity contribution in [2.75, 3.05) is 23.5 Å². The van der Waals surface area contributed by atoms with E-state index in [0.29, 0.717) is 11.3 Å². The number of hydrogen-bond donors (Lipinski definition) is 2. The number of anilines is 2. The van der Waals surface area contributed by atoms with Crippen LogP contribution in [0.4, 0.5) is 11.4 Å². The van der Waals surface area contributed by atoms with Gasteiger partial charge in [-0.05, 0) is 30.4 Å². The summed E-state index contributed by atoms with van der Waals surface area (Å²) < 4.78 is 5.37. The van der Waals surface area contributed by atoms with Crippen LogP contribution in [-0.4, -0.2) is 30.1 Å². The SMILES string of the molecule is COc1ccc(NC(C)=O)cc1NC1CCSC1C. The normalized spacial score (nSPS) is 22.1. The van der Waals surface area contributed by atoms with Crippen molar-refractivity contribution in [2.24, 2.45) is 0 Å². The molecule has 1 aliphatic rings. The van der Waals surface area contributed by atoms with E-state index in [9.17, 15) is 4.79 Å². The first kappa shape index (κ1) is 14.1. The van der Waals surface area contributed by atoms with Gasteiger partial charge in [-0.2, -0.15) is 11.8 Å². The van der Waals surface area contributed by atoms with Gasteiger partial charge >= 0.3 is 0 Å². The van der Waals surface area contributed by atoms with Gasteiger partial charge in [0, 0.05) is 23.9 Å². The zero-order chi connectivity index (χ0) is 13.8. The number of thioether (sulfide) groups is 1. The molecule has 1 aromatic rings. The topological polar surface area (TPSA) is 50.4 Å². The van der Waals surface area contributed by atoms with Crippen LogP contribution in [0.2, 0.25) is 0 Å². The van der Waals surface area contributed by atoms with Crippen LogP contribution in [0.5, 0.6) is 5.75 Å². The lowest BCUT2D eigenvalue weighted by molar-refractivity contribution is -0.114. The molecule has 0 radical (unpaired) electrons. The molecule has 1 aromatic carbocycles. The summed E-state index contributed by atoms with van der Waals surface area (Å²) in [7, 11) is 1.66. The van der Waals surface area contributed by atoms with Crippen LogP contribution in [0.15, 0.2) is 18.2 Å². The molecule has 2 N–H and O–H groups in total. The molecule has 0 saturated carbocycles. The lowest BCUT2D eigenvalue weighted by Gasteiger charge is -2.20. The van der Waals surface area contributed by atoms with Gasteiger partial charge in [0.2, 0.25) is 5.91 Å². The second kappa shape index (κ2) is 6.19. The van der Waals surface area contributed by atoms with Crippen molar-refractivity contribution in [1.29, 1.82) is 0 Å². The van der Waals surface area contributed by atoms with Gasteiger partial charge in [-0.25, -0.2) is 0 Å². The summed E-state index contributed by atoms with van der Waals surface area (Å²) in [4.78, 5) is 11.1. The minimum absolute atomic E-state index is 0.0686. The van der Waals surface area contributed by atoms with Crippen molar-refractivity contribution < 1.29 is 9.53 Å². The number of methoxy groups -OCH3 is 1. The predicted molar refractivity (Wildman–Crippen MR) is 81.2 cm³/mol. The minimum Gasteiger partial charge on any atom is -0.495 e. The molecule has 2 rings (SSSR count). The summed E-state index contributed by atoms with van der Waals surface area (Å²) in [6.07, 6.45) is 1.15. The summed E-state index contributed by atoms with van der Waals surface area (Å²) in [5.41, 5.74) is 1.72. The Morgan fingerprint density at radius 3 is 2.84 bits per heavy atom. The Bertz CT molecular complexity index is 465. The van der Waals surface area contributed by atoms with Gasteiger partial charge in [-0.15, -0.1) is 0 Å². The first-order chi connectivity index (χ1) is 9.10. The fourth-order valence-electron chi connectivity index (χ4n) is 2.22. The summed E-state index contributed by atoms with van der Waals surface area (Å²) >= 11 is 1.98. The molecule has 1 saturated heterocycles. The van der Waals surface area contributed by atoms with E-state index in [2.05, 4.69) is 17.6 Å². The molecule has 1 heterocycles. The summed E-state index contributed by atoms with van der Waals surface area (Å²) in [5, 5.41) is 6.91. The molecule has 2 atom stereocenters. The number of nitrogens with one attached hydrogen (secondary N) is 2. The smallest absolute Gasteiger partial charge is 0.221 e. The van der Waals surface area contributed by atoms with Crippen molar-refractivity contribution in [3.63, 3.8) is 0 Å². The average molecular weight is 280 g/mol. The second-order valence-corrected chi connectivity index (χ2v) is 6.20. The summed E-state index contributed by atoms with van der Waals surface area (Å²) in [5.74, 6) is 1.92. The third kappa shape index (κ3) is 3.56. The van der Waals surface area contributed by atoms with E-state index >= 15 is 0 Å². The molecule has 19 heavy (non-hydrogen) atoms. The van der Waals surface area contributed by atoms with Gasteiger partial charge in [-0.1, -0.05) is 6.92 Å². The number of carbonyl (C=O) groups excluding carboxylic acids is 1. The molecular weight excluding hydrogens is 260 g/mol. The van der Waals surface area contributed by atoms with E-state index in [1.54, 1.807) is 7.11 Å². The van der Waals surface area contributed by atoms with E-state index in [1.165, 1.54) is 12.7 Å². The maximum atomic E-state index is 11.1. The molecule has 0 aromatic heterocycles. The number of rotatable bonds is 4. The highest BCUT2D eigenvalue weighted by molar-refractivity contribution is 8.00. The number of carbonyl (C=O) groups is 1. The largest absolute Gasteiger partial charge is 0.495 e. The van der Waals surface area contributed by atoms with Crippen LogP contribution in [0.3, 0.4) is 0 Å². The zero-order valence-corrected chi connectivity index (χ0v) is 12.3. The molecule has 0 bridgehead atoms. The van der Waals surface area contributed by atoms with Crippen molar-refractivity contribution in [2.45, 2.75) is 31.6 Å². The summed E-state index contributed by atoms with van der Waals surface area (Å²) in [6, 6.07) is 6.10. The quantitative estimate of drug-likeness (QED) is 0.890. The molecule has 5 heteroatoms. The van der Waals surface area contributed by atoms with Gasteiger partial charge in [0.05, 0.1) is 12.8 Å². The Kier molecular flexibility index (Phi) is 4.58. The van der Waals surface area contributed by atoms with Gasteiger partial charge in [0.1, 0.15) is 5.75 Å². The van der Waals surface area contributed by atoms with E-state index in [-0.39, 0.29) is 5.91 Å². The van der Waals surface area contributed by atoms with Crippen LogP contribution in [0.1, 0.15) is 20.3 Å². The minimum atomic E-state index is -0.0686. The molecule has 2 unspecified atom stereocenters. The molecule has 0 aliphatic carbocycles. The lowest BCUT2D eigenvalue weighted by atomic mass is 10.1. The molecule has 4 nitrogen and oxygen atoms in total. The molecule has 1 aliphatic heterocycles. The molecular formula is C14H20N2O2S.